The number of hydrogen-bond donors (Lipinski definition) is 2. The lowest BCUT2D eigenvalue weighted by atomic mass is 10.1. The highest BCUT2D eigenvalue weighted by Crippen LogP contribution is 2.28. The molecule has 11 heteroatoms. The van der Waals surface area contributed by atoms with Crippen LogP contribution >= 0.6 is 0 Å². The molecular weight excluding hydrogens is 558 g/mol. The maximum atomic E-state index is 13.5. The van der Waals surface area contributed by atoms with Crippen LogP contribution in [-0.2, 0) is 16.0 Å². The number of hydrogen-bond acceptors (Lipinski definition) is 8. The molecule has 0 radical (unpaired) electrons. The number of pyridine rings is 1. The van der Waals surface area contributed by atoms with E-state index in [1.807, 2.05) is 79.7 Å². The van der Waals surface area contributed by atoms with Gasteiger partial charge in [-0.15, -0.1) is 0 Å². The SMILES string of the molecule is CC.CC(C)c1cnn2c(N(Cc3ccccn3)C(=O)OC(C)(C)C)cc(NCCCCCCNC(=O)OC(C)(C)C)nc12. The Balaban J connectivity index is 0.00000330. The third kappa shape index (κ3) is 12.0. The molecule has 0 spiro atoms. The van der Waals surface area contributed by atoms with Crippen molar-refractivity contribution in [3.63, 3.8) is 0 Å². The van der Waals surface area contributed by atoms with Crippen molar-refractivity contribution in [3.05, 3.63) is 47.9 Å². The van der Waals surface area contributed by atoms with Crippen molar-refractivity contribution < 1.29 is 19.1 Å². The van der Waals surface area contributed by atoms with E-state index in [1.54, 1.807) is 21.8 Å². The zero-order valence-electron chi connectivity index (χ0n) is 28.4. The third-order valence-corrected chi connectivity index (χ3v) is 6.12. The number of anilines is 2. The fourth-order valence-electron chi connectivity index (χ4n) is 4.19. The molecule has 0 unspecified atom stereocenters. The lowest BCUT2D eigenvalue weighted by molar-refractivity contribution is 0.0524. The molecule has 11 nitrogen and oxygen atoms in total. The van der Waals surface area contributed by atoms with Crippen molar-refractivity contribution in [1.29, 1.82) is 0 Å². The Morgan fingerprint density at radius 3 is 2.20 bits per heavy atom. The van der Waals surface area contributed by atoms with E-state index >= 15 is 0 Å². The molecule has 0 aromatic carbocycles. The van der Waals surface area contributed by atoms with E-state index < -0.39 is 17.3 Å². The van der Waals surface area contributed by atoms with Crippen LogP contribution in [-0.4, -0.2) is 56.1 Å². The van der Waals surface area contributed by atoms with Crippen LogP contribution in [0.5, 0.6) is 0 Å². The predicted octanol–water partition coefficient (Wildman–Crippen LogP) is 7.71. The Morgan fingerprint density at radius 2 is 1.61 bits per heavy atom. The van der Waals surface area contributed by atoms with E-state index in [0.29, 0.717) is 30.4 Å². The Kier molecular flexibility index (Phi) is 13.9. The first-order valence-corrected chi connectivity index (χ1v) is 15.7. The van der Waals surface area contributed by atoms with Gasteiger partial charge in [-0.1, -0.05) is 46.6 Å². The topological polar surface area (TPSA) is 123 Å². The van der Waals surface area contributed by atoms with Gasteiger partial charge < -0.3 is 20.1 Å². The molecule has 0 aliphatic carbocycles. The molecule has 0 atom stereocenters. The molecule has 3 heterocycles. The highest BCUT2D eigenvalue weighted by molar-refractivity contribution is 5.88. The summed E-state index contributed by atoms with van der Waals surface area (Å²) in [6, 6.07) is 7.44. The van der Waals surface area contributed by atoms with Crippen molar-refractivity contribution in [2.45, 2.75) is 119 Å². The highest BCUT2D eigenvalue weighted by Gasteiger charge is 2.28. The van der Waals surface area contributed by atoms with E-state index in [-0.39, 0.29) is 18.6 Å². The lowest BCUT2D eigenvalue weighted by Crippen LogP contribution is -2.38. The van der Waals surface area contributed by atoms with Gasteiger partial charge in [0.15, 0.2) is 5.65 Å². The molecule has 3 aromatic rings. The number of fused-ring (bicyclic) bond motifs is 1. The van der Waals surface area contributed by atoms with Gasteiger partial charge in [-0.3, -0.25) is 9.88 Å². The molecule has 3 rings (SSSR count). The minimum atomic E-state index is -0.678. The van der Waals surface area contributed by atoms with E-state index in [2.05, 4.69) is 34.6 Å². The van der Waals surface area contributed by atoms with Crippen LogP contribution in [0.4, 0.5) is 21.2 Å². The summed E-state index contributed by atoms with van der Waals surface area (Å²) in [7, 11) is 0. The lowest BCUT2D eigenvalue weighted by Gasteiger charge is -2.27. The standard InChI is InChI=1S/C31H47N7O4.C2H6/c1-22(2)24-20-35-38-26(37(29(40)42-31(6,7)8)21-23-15-11-14-16-32-23)19-25(36-27(24)38)33-17-12-9-10-13-18-34-28(39)41-30(3,4)5;1-2/h11,14-16,19-20,22H,9-10,12-13,17-18,21H2,1-8H3,(H,33,36)(H,34,39);1-2H3. The highest BCUT2D eigenvalue weighted by atomic mass is 16.6. The fraction of sp³-hybridized carbons (Fsp3) is 0.606. The summed E-state index contributed by atoms with van der Waals surface area (Å²) in [4.78, 5) is 36.2. The van der Waals surface area contributed by atoms with Gasteiger partial charge >= 0.3 is 12.2 Å². The van der Waals surface area contributed by atoms with Crippen LogP contribution in [0.25, 0.3) is 5.65 Å². The zero-order valence-corrected chi connectivity index (χ0v) is 28.4. The van der Waals surface area contributed by atoms with Crippen LogP contribution < -0.4 is 15.5 Å². The first-order chi connectivity index (χ1) is 20.7. The third-order valence-electron chi connectivity index (χ3n) is 6.12. The number of alkyl carbamates (subject to hydrolysis) is 1. The number of unbranched alkanes of at least 4 members (excludes halogenated alkanes) is 3. The van der Waals surface area contributed by atoms with Crippen molar-refractivity contribution in [2.75, 3.05) is 23.3 Å². The Labute approximate surface area is 263 Å². The number of ether oxygens (including phenoxy) is 2. The van der Waals surface area contributed by atoms with Gasteiger partial charge in [0, 0.05) is 30.9 Å². The van der Waals surface area contributed by atoms with Gasteiger partial charge in [0.2, 0.25) is 0 Å². The Morgan fingerprint density at radius 1 is 0.955 bits per heavy atom. The maximum absolute atomic E-state index is 13.5. The summed E-state index contributed by atoms with van der Waals surface area (Å²) in [6.07, 6.45) is 6.40. The molecule has 2 amide bonds. The van der Waals surface area contributed by atoms with Crippen LogP contribution in [0, 0.1) is 0 Å². The number of nitrogens with one attached hydrogen (secondary N) is 2. The predicted molar refractivity (Wildman–Crippen MR) is 176 cm³/mol. The molecule has 0 saturated heterocycles. The van der Waals surface area contributed by atoms with Crippen molar-refractivity contribution in [1.82, 2.24) is 24.9 Å². The molecular formula is C33H53N7O4. The van der Waals surface area contributed by atoms with E-state index in [1.165, 1.54) is 0 Å². The Hall–Kier alpha value is -3.89. The molecule has 0 aliphatic rings. The molecule has 0 bridgehead atoms. The number of rotatable bonds is 12. The van der Waals surface area contributed by atoms with E-state index in [9.17, 15) is 9.59 Å². The number of nitrogens with zero attached hydrogens (tertiary/aromatic N) is 5. The molecule has 44 heavy (non-hydrogen) atoms. The van der Waals surface area contributed by atoms with Crippen molar-refractivity contribution in [2.24, 2.45) is 0 Å². The molecule has 3 aromatic heterocycles. The average molecular weight is 612 g/mol. The molecule has 0 fully saturated rings. The van der Waals surface area contributed by atoms with Crippen LogP contribution in [0.3, 0.4) is 0 Å². The summed E-state index contributed by atoms with van der Waals surface area (Å²) in [6.45, 7) is 20.8. The van der Waals surface area contributed by atoms with Crippen molar-refractivity contribution >= 4 is 29.5 Å². The van der Waals surface area contributed by atoms with Crippen LogP contribution in [0.15, 0.2) is 36.7 Å². The largest absolute Gasteiger partial charge is 0.444 e. The minimum Gasteiger partial charge on any atom is -0.444 e. The first-order valence-electron chi connectivity index (χ1n) is 15.7. The van der Waals surface area contributed by atoms with E-state index in [4.69, 9.17) is 14.5 Å². The summed E-state index contributed by atoms with van der Waals surface area (Å²) < 4.78 is 12.8. The molecule has 2 N–H and O–H groups in total. The number of amides is 2. The summed E-state index contributed by atoms with van der Waals surface area (Å²) in [5, 5.41) is 10.8. The quantitative estimate of drug-likeness (QED) is 0.200. The molecule has 0 aliphatic heterocycles. The van der Waals surface area contributed by atoms with Crippen LogP contribution in [0.2, 0.25) is 0 Å². The van der Waals surface area contributed by atoms with Gasteiger partial charge in [-0.05, 0) is 72.4 Å². The second kappa shape index (κ2) is 16.8. The number of carbonyl (C=O) groups excluding carboxylic acids is 2. The van der Waals surface area contributed by atoms with Crippen LogP contribution in [0.1, 0.15) is 112 Å². The second-order valence-corrected chi connectivity index (χ2v) is 12.6. The molecule has 0 saturated carbocycles. The monoisotopic (exact) mass is 611 g/mol. The fourth-order valence-corrected chi connectivity index (χ4v) is 4.19. The van der Waals surface area contributed by atoms with Crippen molar-refractivity contribution in [3.8, 4) is 0 Å². The minimum absolute atomic E-state index is 0.193. The zero-order chi connectivity index (χ0) is 32.9. The maximum Gasteiger partial charge on any atom is 0.416 e. The Bertz CT molecular complexity index is 1310. The average Bonchev–Trinajstić information content (AvgIpc) is 3.37. The molecule has 244 valence electrons. The van der Waals surface area contributed by atoms with Gasteiger partial charge in [0.25, 0.3) is 0 Å². The first kappa shape index (κ1) is 36.3. The summed E-state index contributed by atoms with van der Waals surface area (Å²) in [5.41, 5.74) is 1.22. The smallest absolute Gasteiger partial charge is 0.416 e. The number of carbonyl (C=O) groups is 2. The van der Waals surface area contributed by atoms with Gasteiger partial charge in [-0.25, -0.2) is 14.6 Å². The van der Waals surface area contributed by atoms with Gasteiger partial charge in [0.1, 0.15) is 22.8 Å². The van der Waals surface area contributed by atoms with Gasteiger partial charge in [-0.2, -0.15) is 9.61 Å². The second-order valence-electron chi connectivity index (χ2n) is 12.6. The number of aromatic nitrogens is 4. The summed E-state index contributed by atoms with van der Waals surface area (Å²) in [5.74, 6) is 1.39. The normalized spacial score (nSPS) is 11.5. The summed E-state index contributed by atoms with van der Waals surface area (Å²) >= 11 is 0. The van der Waals surface area contributed by atoms with E-state index in [0.717, 1.165) is 36.9 Å². The van der Waals surface area contributed by atoms with Gasteiger partial charge in [0.05, 0.1) is 18.4 Å².